The van der Waals surface area contributed by atoms with Crippen LogP contribution in [0.25, 0.3) is 0 Å². The average Bonchev–Trinajstić information content (AvgIpc) is 2.73. The standard InChI is InChI=1S/C13H24N2O/c1-2-11-7-4-3-5-10-15(11)13(16)12-8-6-9-14-12/h11-12,14H,2-10H2,1H3/t11?,12-/m0/s1. The van der Waals surface area contributed by atoms with Gasteiger partial charge in [0.2, 0.25) is 5.91 Å². The Morgan fingerprint density at radius 2 is 2.12 bits per heavy atom. The zero-order valence-electron chi connectivity index (χ0n) is 10.4. The minimum atomic E-state index is 0.118. The third-order valence-electron chi connectivity index (χ3n) is 3.99. The van der Waals surface area contributed by atoms with Crippen LogP contribution in [0, 0.1) is 0 Å². The zero-order valence-corrected chi connectivity index (χ0v) is 10.4. The van der Waals surface area contributed by atoms with Crippen molar-refractivity contribution in [3.05, 3.63) is 0 Å². The predicted molar refractivity (Wildman–Crippen MR) is 65.3 cm³/mol. The highest BCUT2D eigenvalue weighted by Gasteiger charge is 2.30. The van der Waals surface area contributed by atoms with Crippen LogP contribution in [0.3, 0.4) is 0 Å². The van der Waals surface area contributed by atoms with Gasteiger partial charge in [0.25, 0.3) is 0 Å². The summed E-state index contributed by atoms with van der Waals surface area (Å²) in [5.74, 6) is 0.367. The quantitative estimate of drug-likeness (QED) is 0.777. The molecule has 0 bridgehead atoms. The van der Waals surface area contributed by atoms with Crippen LogP contribution >= 0.6 is 0 Å². The summed E-state index contributed by atoms with van der Waals surface area (Å²) in [7, 11) is 0. The van der Waals surface area contributed by atoms with E-state index in [-0.39, 0.29) is 6.04 Å². The summed E-state index contributed by atoms with van der Waals surface area (Å²) in [5.41, 5.74) is 0. The number of hydrogen-bond acceptors (Lipinski definition) is 2. The fourth-order valence-corrected chi connectivity index (χ4v) is 2.99. The summed E-state index contributed by atoms with van der Waals surface area (Å²) >= 11 is 0. The van der Waals surface area contributed by atoms with Crippen LogP contribution in [0.4, 0.5) is 0 Å². The van der Waals surface area contributed by atoms with E-state index < -0.39 is 0 Å². The predicted octanol–water partition coefficient (Wildman–Crippen LogP) is 1.92. The van der Waals surface area contributed by atoms with Crippen molar-refractivity contribution < 1.29 is 4.79 Å². The lowest BCUT2D eigenvalue weighted by Crippen LogP contribution is -2.48. The van der Waals surface area contributed by atoms with E-state index in [1.54, 1.807) is 0 Å². The molecule has 2 aliphatic heterocycles. The van der Waals surface area contributed by atoms with Gasteiger partial charge in [0, 0.05) is 12.6 Å². The molecule has 0 aliphatic carbocycles. The maximum Gasteiger partial charge on any atom is 0.239 e. The van der Waals surface area contributed by atoms with Gasteiger partial charge in [-0.2, -0.15) is 0 Å². The number of carbonyl (C=O) groups is 1. The summed E-state index contributed by atoms with van der Waals surface area (Å²) in [4.78, 5) is 14.5. The Labute approximate surface area is 98.6 Å². The lowest BCUT2D eigenvalue weighted by atomic mass is 10.1. The largest absolute Gasteiger partial charge is 0.338 e. The van der Waals surface area contributed by atoms with Crippen molar-refractivity contribution in [2.24, 2.45) is 0 Å². The summed E-state index contributed by atoms with van der Waals surface area (Å²) in [6.07, 6.45) is 8.27. The lowest BCUT2D eigenvalue weighted by Gasteiger charge is -2.31. The number of nitrogens with one attached hydrogen (secondary N) is 1. The molecular formula is C13H24N2O. The molecule has 2 saturated heterocycles. The van der Waals surface area contributed by atoms with E-state index in [4.69, 9.17) is 0 Å². The zero-order chi connectivity index (χ0) is 11.4. The first-order chi connectivity index (χ1) is 7.83. The van der Waals surface area contributed by atoms with Crippen molar-refractivity contribution in [3.63, 3.8) is 0 Å². The van der Waals surface area contributed by atoms with E-state index in [9.17, 15) is 4.79 Å². The number of rotatable bonds is 2. The van der Waals surface area contributed by atoms with Gasteiger partial charge in [0.15, 0.2) is 0 Å². The lowest BCUT2D eigenvalue weighted by molar-refractivity contribution is -0.135. The molecule has 2 fully saturated rings. The van der Waals surface area contributed by atoms with Crippen LogP contribution in [0.1, 0.15) is 51.9 Å². The van der Waals surface area contributed by atoms with Gasteiger partial charge in [0.1, 0.15) is 0 Å². The SMILES string of the molecule is CCC1CCCCCN1C(=O)[C@@H]1CCCN1. The van der Waals surface area contributed by atoms with Crippen LogP contribution in [0.5, 0.6) is 0 Å². The van der Waals surface area contributed by atoms with Crippen molar-refractivity contribution in [1.82, 2.24) is 10.2 Å². The Kier molecular flexibility index (Phi) is 4.22. The summed E-state index contributed by atoms with van der Waals surface area (Å²) in [6, 6.07) is 0.615. The Bertz CT molecular complexity index is 236. The average molecular weight is 224 g/mol. The van der Waals surface area contributed by atoms with Gasteiger partial charge in [-0.1, -0.05) is 19.8 Å². The third-order valence-corrected chi connectivity index (χ3v) is 3.99. The van der Waals surface area contributed by atoms with Gasteiger partial charge in [-0.25, -0.2) is 0 Å². The Morgan fingerprint density at radius 1 is 1.25 bits per heavy atom. The van der Waals surface area contributed by atoms with E-state index >= 15 is 0 Å². The van der Waals surface area contributed by atoms with Gasteiger partial charge < -0.3 is 10.2 Å². The van der Waals surface area contributed by atoms with Gasteiger partial charge in [0.05, 0.1) is 6.04 Å². The van der Waals surface area contributed by atoms with Crippen molar-refractivity contribution in [1.29, 1.82) is 0 Å². The van der Waals surface area contributed by atoms with E-state index in [2.05, 4.69) is 17.1 Å². The molecule has 1 unspecified atom stereocenters. The maximum atomic E-state index is 12.4. The molecule has 2 atom stereocenters. The second-order valence-corrected chi connectivity index (χ2v) is 5.09. The maximum absolute atomic E-state index is 12.4. The molecule has 0 spiro atoms. The molecule has 1 N–H and O–H groups in total. The molecule has 3 nitrogen and oxygen atoms in total. The van der Waals surface area contributed by atoms with E-state index in [1.165, 1.54) is 25.7 Å². The highest BCUT2D eigenvalue weighted by atomic mass is 16.2. The molecule has 0 aromatic carbocycles. The molecule has 92 valence electrons. The normalized spacial score (nSPS) is 31.4. The number of carbonyl (C=O) groups excluding carboxylic acids is 1. The summed E-state index contributed by atoms with van der Waals surface area (Å²) in [6.45, 7) is 4.20. The topological polar surface area (TPSA) is 32.3 Å². The van der Waals surface area contributed by atoms with Crippen molar-refractivity contribution >= 4 is 5.91 Å². The highest BCUT2D eigenvalue weighted by molar-refractivity contribution is 5.82. The Hall–Kier alpha value is -0.570. The van der Waals surface area contributed by atoms with Gasteiger partial charge in [-0.15, -0.1) is 0 Å². The molecule has 0 aromatic rings. The molecule has 0 aromatic heterocycles. The molecule has 2 rings (SSSR count). The monoisotopic (exact) mass is 224 g/mol. The molecule has 2 heterocycles. The first-order valence-corrected chi connectivity index (χ1v) is 6.86. The number of likely N-dealkylation sites (tertiary alicyclic amines) is 1. The first-order valence-electron chi connectivity index (χ1n) is 6.86. The number of amides is 1. The van der Waals surface area contributed by atoms with Gasteiger partial charge in [-0.3, -0.25) is 4.79 Å². The molecule has 16 heavy (non-hydrogen) atoms. The van der Waals surface area contributed by atoms with Crippen molar-refractivity contribution in [2.75, 3.05) is 13.1 Å². The Morgan fingerprint density at radius 3 is 2.81 bits per heavy atom. The smallest absolute Gasteiger partial charge is 0.239 e. The molecular weight excluding hydrogens is 200 g/mol. The number of hydrogen-bond donors (Lipinski definition) is 1. The molecule has 2 aliphatic rings. The van der Waals surface area contributed by atoms with Crippen molar-refractivity contribution in [2.45, 2.75) is 64.0 Å². The molecule has 1 amide bonds. The minimum absolute atomic E-state index is 0.118. The van der Waals surface area contributed by atoms with Gasteiger partial charge in [-0.05, 0) is 38.6 Å². The van der Waals surface area contributed by atoms with E-state index in [1.807, 2.05) is 0 Å². The second-order valence-electron chi connectivity index (χ2n) is 5.09. The van der Waals surface area contributed by atoms with Crippen LogP contribution < -0.4 is 5.32 Å². The van der Waals surface area contributed by atoms with Crippen molar-refractivity contribution in [3.8, 4) is 0 Å². The van der Waals surface area contributed by atoms with Crippen LogP contribution in [-0.4, -0.2) is 36.0 Å². The Balaban J connectivity index is 2.00. The summed E-state index contributed by atoms with van der Waals surface area (Å²) < 4.78 is 0. The third kappa shape index (κ3) is 2.57. The van der Waals surface area contributed by atoms with Crippen LogP contribution in [-0.2, 0) is 4.79 Å². The fraction of sp³-hybridized carbons (Fsp3) is 0.923. The molecule has 0 saturated carbocycles. The molecule has 3 heteroatoms. The van der Waals surface area contributed by atoms with Gasteiger partial charge >= 0.3 is 0 Å². The van der Waals surface area contributed by atoms with Crippen LogP contribution in [0.15, 0.2) is 0 Å². The van der Waals surface area contributed by atoms with E-state index in [0.29, 0.717) is 11.9 Å². The first kappa shape index (κ1) is 11.9. The van der Waals surface area contributed by atoms with Crippen LogP contribution in [0.2, 0.25) is 0 Å². The van der Waals surface area contributed by atoms with E-state index in [0.717, 1.165) is 32.4 Å². The summed E-state index contributed by atoms with van der Waals surface area (Å²) in [5, 5.41) is 3.33. The minimum Gasteiger partial charge on any atom is -0.338 e. The fourth-order valence-electron chi connectivity index (χ4n) is 2.99. The molecule has 0 radical (unpaired) electrons. The highest BCUT2D eigenvalue weighted by Crippen LogP contribution is 2.21. The number of nitrogens with zero attached hydrogens (tertiary/aromatic N) is 1. The second kappa shape index (κ2) is 5.67.